The van der Waals surface area contributed by atoms with E-state index in [-0.39, 0.29) is 5.82 Å². The van der Waals surface area contributed by atoms with E-state index >= 15 is 0 Å². The van der Waals surface area contributed by atoms with Crippen molar-refractivity contribution in [2.75, 3.05) is 18.5 Å². The van der Waals surface area contributed by atoms with Crippen molar-refractivity contribution >= 4 is 5.69 Å². The second-order valence-corrected chi connectivity index (χ2v) is 5.24. The predicted octanol–water partition coefficient (Wildman–Crippen LogP) is 3.95. The third-order valence-electron chi connectivity index (χ3n) is 3.47. The molecule has 0 aliphatic heterocycles. The lowest BCUT2D eigenvalue weighted by molar-refractivity contribution is 0.601. The van der Waals surface area contributed by atoms with Crippen molar-refractivity contribution in [1.82, 2.24) is 5.32 Å². The normalized spacial score (nSPS) is 12.5. The minimum Gasteiger partial charge on any atom is -0.372 e. The number of nitrogens with one attached hydrogen (secondary N) is 1. The molecular formula is C16H27FN2. The molecule has 0 fully saturated rings. The van der Waals surface area contributed by atoms with E-state index in [1.807, 2.05) is 7.05 Å². The first-order valence-electron chi connectivity index (χ1n) is 7.31. The van der Waals surface area contributed by atoms with Crippen molar-refractivity contribution in [3.05, 3.63) is 29.6 Å². The van der Waals surface area contributed by atoms with Crippen molar-refractivity contribution < 1.29 is 4.39 Å². The monoisotopic (exact) mass is 266 g/mol. The van der Waals surface area contributed by atoms with E-state index < -0.39 is 0 Å². The third kappa shape index (κ3) is 5.19. The summed E-state index contributed by atoms with van der Waals surface area (Å²) in [4.78, 5) is 2.16. The van der Waals surface area contributed by atoms with E-state index in [0.717, 1.165) is 43.6 Å². The molecule has 1 atom stereocenters. The van der Waals surface area contributed by atoms with E-state index in [1.54, 1.807) is 12.1 Å². The Morgan fingerprint density at radius 1 is 1.21 bits per heavy atom. The number of hydrogen-bond donors (Lipinski definition) is 1. The van der Waals surface area contributed by atoms with Gasteiger partial charge < -0.3 is 10.2 Å². The van der Waals surface area contributed by atoms with Gasteiger partial charge >= 0.3 is 0 Å². The molecule has 1 N–H and O–H groups in total. The fraction of sp³-hybridized carbons (Fsp3) is 0.625. The summed E-state index contributed by atoms with van der Waals surface area (Å²) < 4.78 is 13.7. The van der Waals surface area contributed by atoms with E-state index in [2.05, 4.69) is 37.1 Å². The summed E-state index contributed by atoms with van der Waals surface area (Å²) in [7, 11) is 2.04. The molecule has 0 aliphatic rings. The van der Waals surface area contributed by atoms with E-state index in [4.69, 9.17) is 0 Å². The molecule has 0 bridgehead atoms. The highest BCUT2D eigenvalue weighted by Crippen LogP contribution is 2.21. The summed E-state index contributed by atoms with van der Waals surface area (Å²) in [6.45, 7) is 8.19. The number of nitrogens with zero attached hydrogens (tertiary/aromatic N) is 1. The number of anilines is 1. The minimum absolute atomic E-state index is 0.152. The zero-order valence-corrected chi connectivity index (χ0v) is 12.7. The Morgan fingerprint density at radius 2 is 1.95 bits per heavy atom. The molecule has 0 aliphatic carbocycles. The average molecular weight is 266 g/mol. The Morgan fingerprint density at radius 3 is 2.58 bits per heavy atom. The zero-order chi connectivity index (χ0) is 14.3. The van der Waals surface area contributed by atoms with Crippen LogP contribution in [0, 0.1) is 5.82 Å². The molecule has 108 valence electrons. The summed E-state index contributed by atoms with van der Waals surface area (Å²) >= 11 is 0. The zero-order valence-electron chi connectivity index (χ0n) is 12.7. The Hall–Kier alpha value is -1.09. The highest BCUT2D eigenvalue weighted by atomic mass is 19.1. The molecule has 1 rings (SSSR count). The highest BCUT2D eigenvalue weighted by molar-refractivity contribution is 5.49. The van der Waals surface area contributed by atoms with E-state index in [1.165, 1.54) is 0 Å². The largest absolute Gasteiger partial charge is 0.372 e. The van der Waals surface area contributed by atoms with Gasteiger partial charge in [-0.25, -0.2) is 4.39 Å². The Kier molecular flexibility index (Phi) is 6.85. The molecule has 0 amide bonds. The highest BCUT2D eigenvalue weighted by Gasteiger charge is 2.11. The van der Waals surface area contributed by atoms with Gasteiger partial charge in [-0.1, -0.05) is 20.3 Å². The first kappa shape index (κ1) is 16.0. The third-order valence-corrected chi connectivity index (χ3v) is 3.47. The smallest absolute Gasteiger partial charge is 0.125 e. The Bertz CT molecular complexity index is 379. The molecule has 0 saturated carbocycles. The van der Waals surface area contributed by atoms with Crippen LogP contribution in [0.4, 0.5) is 10.1 Å². The predicted molar refractivity (Wildman–Crippen MR) is 81.2 cm³/mol. The van der Waals surface area contributed by atoms with Gasteiger partial charge in [-0.15, -0.1) is 0 Å². The van der Waals surface area contributed by atoms with Crippen LogP contribution < -0.4 is 10.2 Å². The van der Waals surface area contributed by atoms with Gasteiger partial charge in [-0.05, 0) is 50.1 Å². The van der Waals surface area contributed by atoms with E-state index in [0.29, 0.717) is 6.04 Å². The lowest BCUT2D eigenvalue weighted by atomic mass is 10.1. The standard InChI is InChI=1S/C16H27FN2/c1-5-7-13(3)19(4)16-10-14(9-15(17)11-16)12-18-8-6-2/h9-11,13,18H,5-8,12H2,1-4H3. The molecule has 19 heavy (non-hydrogen) atoms. The first-order valence-corrected chi connectivity index (χ1v) is 7.31. The van der Waals surface area contributed by atoms with Gasteiger partial charge in [0.25, 0.3) is 0 Å². The Labute approximate surface area is 117 Å². The van der Waals surface area contributed by atoms with Gasteiger partial charge in [0, 0.05) is 25.3 Å². The van der Waals surface area contributed by atoms with Crippen molar-refractivity contribution in [2.24, 2.45) is 0 Å². The molecule has 2 nitrogen and oxygen atoms in total. The second kappa shape index (κ2) is 8.16. The number of benzene rings is 1. The van der Waals surface area contributed by atoms with Gasteiger partial charge in [0.2, 0.25) is 0 Å². The van der Waals surface area contributed by atoms with Crippen LogP contribution in [0.15, 0.2) is 18.2 Å². The molecule has 1 aromatic rings. The van der Waals surface area contributed by atoms with Crippen LogP contribution in [-0.2, 0) is 6.54 Å². The van der Waals surface area contributed by atoms with Gasteiger partial charge in [0.15, 0.2) is 0 Å². The first-order chi connectivity index (χ1) is 9.08. The summed E-state index contributed by atoms with van der Waals surface area (Å²) in [6.07, 6.45) is 3.36. The number of halogens is 1. The van der Waals surface area contributed by atoms with Crippen LogP contribution in [0.1, 0.15) is 45.6 Å². The SMILES string of the molecule is CCCNCc1cc(F)cc(N(C)C(C)CCC)c1. The topological polar surface area (TPSA) is 15.3 Å². The van der Waals surface area contributed by atoms with Gasteiger partial charge in [-0.3, -0.25) is 0 Å². The van der Waals surface area contributed by atoms with Crippen LogP contribution in [0.5, 0.6) is 0 Å². The quantitative estimate of drug-likeness (QED) is 0.717. The minimum atomic E-state index is -0.152. The molecule has 0 aromatic heterocycles. The van der Waals surface area contributed by atoms with Crippen molar-refractivity contribution in [1.29, 1.82) is 0 Å². The van der Waals surface area contributed by atoms with E-state index in [9.17, 15) is 4.39 Å². The van der Waals surface area contributed by atoms with Crippen LogP contribution in [-0.4, -0.2) is 19.6 Å². The molecule has 0 saturated heterocycles. The van der Waals surface area contributed by atoms with Gasteiger partial charge in [-0.2, -0.15) is 0 Å². The van der Waals surface area contributed by atoms with Crippen LogP contribution in [0.3, 0.4) is 0 Å². The molecule has 3 heteroatoms. The molecule has 0 spiro atoms. The van der Waals surface area contributed by atoms with Crippen molar-refractivity contribution in [2.45, 2.75) is 52.6 Å². The maximum absolute atomic E-state index is 13.7. The maximum Gasteiger partial charge on any atom is 0.125 e. The summed E-state index contributed by atoms with van der Waals surface area (Å²) in [6, 6.07) is 5.75. The summed E-state index contributed by atoms with van der Waals surface area (Å²) in [5.41, 5.74) is 1.98. The van der Waals surface area contributed by atoms with Crippen molar-refractivity contribution in [3.8, 4) is 0 Å². The fourth-order valence-electron chi connectivity index (χ4n) is 2.21. The fourth-order valence-corrected chi connectivity index (χ4v) is 2.21. The molecule has 0 heterocycles. The van der Waals surface area contributed by atoms with Gasteiger partial charge in [0.05, 0.1) is 0 Å². The number of hydrogen-bond acceptors (Lipinski definition) is 2. The van der Waals surface area contributed by atoms with Crippen molar-refractivity contribution in [3.63, 3.8) is 0 Å². The molecule has 1 unspecified atom stereocenters. The Balaban J connectivity index is 2.77. The molecule has 1 aromatic carbocycles. The molecule has 0 radical (unpaired) electrons. The lowest BCUT2D eigenvalue weighted by Gasteiger charge is -2.27. The number of rotatable bonds is 8. The van der Waals surface area contributed by atoms with Crippen LogP contribution in [0.25, 0.3) is 0 Å². The van der Waals surface area contributed by atoms with Crippen LogP contribution >= 0.6 is 0 Å². The van der Waals surface area contributed by atoms with Gasteiger partial charge in [0.1, 0.15) is 5.82 Å². The van der Waals surface area contributed by atoms with Crippen LogP contribution in [0.2, 0.25) is 0 Å². The summed E-state index contributed by atoms with van der Waals surface area (Å²) in [5.74, 6) is -0.152. The second-order valence-electron chi connectivity index (χ2n) is 5.24. The molecular weight excluding hydrogens is 239 g/mol. The lowest BCUT2D eigenvalue weighted by Crippen LogP contribution is -2.28. The maximum atomic E-state index is 13.7. The summed E-state index contributed by atoms with van der Waals surface area (Å²) in [5, 5.41) is 3.31. The average Bonchev–Trinajstić information content (AvgIpc) is 2.38.